The van der Waals surface area contributed by atoms with E-state index in [2.05, 4.69) is 17.4 Å². The lowest BCUT2D eigenvalue weighted by molar-refractivity contribution is -0.135. The van der Waals surface area contributed by atoms with Gasteiger partial charge in [0.25, 0.3) is 0 Å². The lowest BCUT2D eigenvalue weighted by Gasteiger charge is -2.40. The number of carbonyl (C=O) groups excluding carboxylic acids is 1. The third-order valence-corrected chi connectivity index (χ3v) is 4.24. The van der Waals surface area contributed by atoms with Gasteiger partial charge in [-0.2, -0.15) is 0 Å². The molecule has 0 aromatic heterocycles. The van der Waals surface area contributed by atoms with Gasteiger partial charge < -0.3 is 16.2 Å². The van der Waals surface area contributed by atoms with Crippen LogP contribution in [0, 0.1) is 5.41 Å². The summed E-state index contributed by atoms with van der Waals surface area (Å²) in [6.07, 6.45) is 5.04. The van der Waals surface area contributed by atoms with Crippen LogP contribution in [0.25, 0.3) is 5.84 Å². The molecule has 1 saturated carbocycles. The smallest absolute Gasteiger partial charge is 0.225 e. The molecular formula is C15H22N3O-. The number of aryl methyl sites for hydroxylation is 1. The minimum Gasteiger partial charge on any atom is -0.584 e. The first-order chi connectivity index (χ1) is 9.07. The molecule has 1 amide bonds. The number of hydrogen-bond acceptors (Lipinski definition) is 2. The zero-order valence-electron chi connectivity index (χ0n) is 11.7. The van der Waals surface area contributed by atoms with E-state index in [4.69, 9.17) is 5.84 Å². The molecule has 2 N–H and O–H groups in total. The summed E-state index contributed by atoms with van der Waals surface area (Å²) >= 11 is 0. The average Bonchev–Trinajstić information content (AvgIpc) is 2.37. The number of carbonyl (C=O) groups is 1. The number of anilines is 1. The lowest BCUT2D eigenvalue weighted by Crippen LogP contribution is -2.44. The molecular weight excluding hydrogens is 238 g/mol. The van der Waals surface area contributed by atoms with Crippen LogP contribution in [0.2, 0.25) is 0 Å². The fourth-order valence-corrected chi connectivity index (χ4v) is 2.73. The van der Waals surface area contributed by atoms with E-state index < -0.39 is 0 Å². The Labute approximate surface area is 114 Å². The SMILES string of the molecule is CNC(=O)C1(CCc2ccc(N(C)[NH-])cc2)CCC1. The van der Waals surface area contributed by atoms with E-state index in [1.54, 1.807) is 14.1 Å². The number of nitrogens with one attached hydrogen (secondary N) is 2. The second-order valence-corrected chi connectivity index (χ2v) is 5.44. The number of hydrogen-bond donors (Lipinski definition) is 1. The number of amides is 1. The molecule has 0 bridgehead atoms. The van der Waals surface area contributed by atoms with Crippen molar-refractivity contribution in [3.05, 3.63) is 35.7 Å². The largest absolute Gasteiger partial charge is 0.584 e. The van der Waals surface area contributed by atoms with Crippen molar-refractivity contribution in [3.63, 3.8) is 0 Å². The molecule has 0 unspecified atom stereocenters. The Morgan fingerprint density at radius 3 is 2.42 bits per heavy atom. The summed E-state index contributed by atoms with van der Waals surface area (Å²) in [6.45, 7) is 0. The van der Waals surface area contributed by atoms with Crippen molar-refractivity contribution >= 4 is 11.6 Å². The molecule has 4 heteroatoms. The number of rotatable bonds is 5. The molecule has 1 aromatic rings. The molecule has 1 fully saturated rings. The highest BCUT2D eigenvalue weighted by Crippen LogP contribution is 2.44. The van der Waals surface area contributed by atoms with Crippen LogP contribution in [0.15, 0.2) is 24.3 Å². The van der Waals surface area contributed by atoms with Gasteiger partial charge in [-0.05, 0) is 50.4 Å². The van der Waals surface area contributed by atoms with E-state index >= 15 is 0 Å². The van der Waals surface area contributed by atoms with E-state index in [0.29, 0.717) is 0 Å². The average molecular weight is 260 g/mol. The van der Waals surface area contributed by atoms with E-state index in [9.17, 15) is 4.79 Å². The molecule has 4 nitrogen and oxygen atoms in total. The third kappa shape index (κ3) is 2.89. The van der Waals surface area contributed by atoms with Crippen LogP contribution in [-0.4, -0.2) is 20.0 Å². The summed E-state index contributed by atoms with van der Waals surface area (Å²) in [4.78, 5) is 11.9. The van der Waals surface area contributed by atoms with Crippen molar-refractivity contribution in [1.82, 2.24) is 5.32 Å². The zero-order valence-corrected chi connectivity index (χ0v) is 11.7. The maximum absolute atomic E-state index is 11.9. The molecule has 0 spiro atoms. The lowest BCUT2D eigenvalue weighted by atomic mass is 9.65. The van der Waals surface area contributed by atoms with Crippen LogP contribution in [0.4, 0.5) is 5.69 Å². The summed E-state index contributed by atoms with van der Waals surface area (Å²) in [7, 11) is 3.44. The van der Waals surface area contributed by atoms with Crippen molar-refractivity contribution in [3.8, 4) is 0 Å². The maximum Gasteiger partial charge on any atom is 0.225 e. The molecule has 0 heterocycles. The second kappa shape index (κ2) is 5.61. The van der Waals surface area contributed by atoms with Crippen LogP contribution in [0.5, 0.6) is 0 Å². The Balaban J connectivity index is 1.96. The summed E-state index contributed by atoms with van der Waals surface area (Å²) in [5.41, 5.74) is 1.99. The van der Waals surface area contributed by atoms with Gasteiger partial charge in [-0.1, -0.05) is 18.6 Å². The highest BCUT2D eigenvalue weighted by atomic mass is 16.2. The van der Waals surface area contributed by atoms with E-state index in [0.717, 1.165) is 37.8 Å². The van der Waals surface area contributed by atoms with Gasteiger partial charge in [-0.25, -0.2) is 0 Å². The molecule has 2 rings (SSSR count). The first-order valence-electron chi connectivity index (χ1n) is 6.83. The van der Waals surface area contributed by atoms with Crippen molar-refractivity contribution in [2.24, 2.45) is 5.41 Å². The van der Waals surface area contributed by atoms with Gasteiger partial charge in [0.2, 0.25) is 5.91 Å². The first kappa shape index (κ1) is 13.9. The fraction of sp³-hybridized carbons (Fsp3) is 0.533. The Hall–Kier alpha value is -1.55. The Morgan fingerprint density at radius 2 is 2.00 bits per heavy atom. The number of benzene rings is 1. The van der Waals surface area contributed by atoms with Gasteiger partial charge in [-0.15, -0.1) is 0 Å². The molecule has 0 radical (unpaired) electrons. The summed E-state index contributed by atoms with van der Waals surface area (Å²) in [5, 5.41) is 4.15. The minimum absolute atomic E-state index is 0.125. The summed E-state index contributed by atoms with van der Waals surface area (Å²) < 4.78 is 0. The second-order valence-electron chi connectivity index (χ2n) is 5.44. The topological polar surface area (TPSA) is 56.1 Å². The zero-order chi connectivity index (χ0) is 13.9. The fourth-order valence-electron chi connectivity index (χ4n) is 2.73. The van der Waals surface area contributed by atoms with Crippen molar-refractivity contribution in [2.45, 2.75) is 32.1 Å². The van der Waals surface area contributed by atoms with Gasteiger partial charge in [0.15, 0.2) is 0 Å². The molecule has 0 aliphatic heterocycles. The maximum atomic E-state index is 11.9. The van der Waals surface area contributed by atoms with Crippen molar-refractivity contribution in [2.75, 3.05) is 19.1 Å². The normalized spacial score (nSPS) is 16.6. The van der Waals surface area contributed by atoms with Gasteiger partial charge in [0, 0.05) is 18.2 Å². The first-order valence-corrected chi connectivity index (χ1v) is 6.83. The minimum atomic E-state index is -0.125. The van der Waals surface area contributed by atoms with Crippen molar-refractivity contribution < 1.29 is 4.79 Å². The van der Waals surface area contributed by atoms with Gasteiger partial charge >= 0.3 is 0 Å². The highest BCUT2D eigenvalue weighted by molar-refractivity contribution is 5.83. The van der Waals surface area contributed by atoms with E-state index in [-0.39, 0.29) is 11.3 Å². The van der Waals surface area contributed by atoms with E-state index in [1.807, 2.05) is 12.1 Å². The van der Waals surface area contributed by atoms with Gasteiger partial charge in [0.05, 0.1) is 0 Å². The summed E-state index contributed by atoms with van der Waals surface area (Å²) in [6, 6.07) is 8.01. The summed E-state index contributed by atoms with van der Waals surface area (Å²) in [5.74, 6) is 7.69. The number of nitrogens with zero attached hydrogens (tertiary/aromatic N) is 1. The third-order valence-electron chi connectivity index (χ3n) is 4.24. The van der Waals surface area contributed by atoms with Gasteiger partial charge in [-0.3, -0.25) is 4.79 Å². The van der Waals surface area contributed by atoms with Crippen LogP contribution in [0.1, 0.15) is 31.2 Å². The molecule has 104 valence electrons. The molecule has 0 atom stereocenters. The van der Waals surface area contributed by atoms with Crippen LogP contribution in [-0.2, 0) is 11.2 Å². The van der Waals surface area contributed by atoms with Crippen LogP contribution >= 0.6 is 0 Å². The monoisotopic (exact) mass is 260 g/mol. The quantitative estimate of drug-likeness (QED) is 0.827. The Morgan fingerprint density at radius 1 is 1.37 bits per heavy atom. The van der Waals surface area contributed by atoms with Gasteiger partial charge in [0.1, 0.15) is 0 Å². The van der Waals surface area contributed by atoms with Crippen LogP contribution < -0.4 is 10.3 Å². The molecule has 19 heavy (non-hydrogen) atoms. The molecule has 1 aliphatic carbocycles. The highest BCUT2D eigenvalue weighted by Gasteiger charge is 2.42. The standard InChI is InChI=1S/C15H22N3O/c1-17-14(19)15(9-3-10-15)11-8-12-4-6-13(7-5-12)18(2)16/h4-7,16H,3,8-11H2,1-2H3,(H,17,19)/q-1. The van der Waals surface area contributed by atoms with Crippen LogP contribution in [0.3, 0.4) is 0 Å². The Bertz CT molecular complexity index is 435. The van der Waals surface area contributed by atoms with Crippen molar-refractivity contribution in [1.29, 1.82) is 0 Å². The predicted octanol–water partition coefficient (Wildman–Crippen LogP) is 2.94. The molecule has 0 saturated heterocycles. The molecule has 1 aliphatic rings. The molecule has 1 aromatic carbocycles. The predicted molar refractivity (Wildman–Crippen MR) is 77.8 cm³/mol. The van der Waals surface area contributed by atoms with E-state index in [1.165, 1.54) is 10.6 Å². The Kier molecular flexibility index (Phi) is 4.10.